The highest BCUT2D eigenvalue weighted by atomic mass is 16.7. The van der Waals surface area contributed by atoms with Crippen LogP contribution >= 0.6 is 0 Å². The van der Waals surface area contributed by atoms with Gasteiger partial charge in [0.05, 0.1) is 30.8 Å². The first-order chi connectivity index (χ1) is 20.1. The highest BCUT2D eigenvalue weighted by Gasteiger charge is 2.95. The summed E-state index contributed by atoms with van der Waals surface area (Å²) in [5, 5.41) is 0. The molecule has 11 heteroatoms. The van der Waals surface area contributed by atoms with Crippen molar-refractivity contribution in [2.45, 2.75) is 102 Å². The number of carbonyl (C=O) groups excluding carboxylic acids is 4. The number of rotatable bonds is 5. The summed E-state index contributed by atoms with van der Waals surface area (Å²) >= 11 is 0. The van der Waals surface area contributed by atoms with Crippen molar-refractivity contribution < 1.29 is 52.0 Å². The van der Waals surface area contributed by atoms with Gasteiger partial charge in [-0.25, -0.2) is 9.59 Å². The minimum atomic E-state index is -1.12. The highest BCUT2D eigenvalue weighted by molar-refractivity contribution is 5.83. The lowest BCUT2D eigenvalue weighted by Gasteiger charge is -2.66. The lowest BCUT2D eigenvalue weighted by Crippen LogP contribution is -2.74. The molecule has 0 amide bonds. The van der Waals surface area contributed by atoms with E-state index in [-0.39, 0.29) is 5.92 Å². The molecule has 7 rings (SSSR count). The van der Waals surface area contributed by atoms with Gasteiger partial charge in [0.15, 0.2) is 6.10 Å². The molecule has 3 saturated heterocycles. The molecule has 0 N–H and O–H groups in total. The van der Waals surface area contributed by atoms with Gasteiger partial charge in [-0.05, 0) is 51.2 Å². The van der Waals surface area contributed by atoms with Gasteiger partial charge in [0.2, 0.25) is 0 Å². The van der Waals surface area contributed by atoms with E-state index >= 15 is 0 Å². The minimum Gasteiger partial charge on any atom is -0.472 e. The molecule has 0 bridgehead atoms. The molecular weight excluding hydrogens is 560 g/mol. The third-order valence-electron chi connectivity index (χ3n) is 11.9. The monoisotopic (exact) mass is 598 g/mol. The molecule has 43 heavy (non-hydrogen) atoms. The molecule has 2 spiro atoms. The van der Waals surface area contributed by atoms with E-state index in [1.807, 2.05) is 20.8 Å². The van der Waals surface area contributed by atoms with Crippen LogP contribution in [-0.4, -0.2) is 66.1 Å². The van der Waals surface area contributed by atoms with Gasteiger partial charge < -0.3 is 32.8 Å². The Morgan fingerprint density at radius 2 is 1.77 bits per heavy atom. The molecule has 11 unspecified atom stereocenters. The molecule has 232 valence electrons. The Hall–Kier alpha value is -3.18. The number of fused-ring (bicyclic) bond motifs is 1. The molecule has 4 heterocycles. The summed E-state index contributed by atoms with van der Waals surface area (Å²) in [4.78, 5) is 51.5. The molecule has 1 aromatic rings. The van der Waals surface area contributed by atoms with Gasteiger partial charge in [0.25, 0.3) is 0 Å². The van der Waals surface area contributed by atoms with Crippen molar-refractivity contribution in [1.82, 2.24) is 0 Å². The number of cyclic esters (lactones) is 1. The maximum atomic E-state index is 13.6. The Labute approximate surface area is 249 Å². The molecule has 3 aliphatic heterocycles. The van der Waals surface area contributed by atoms with Gasteiger partial charge in [-0.3, -0.25) is 9.59 Å². The van der Waals surface area contributed by atoms with Crippen LogP contribution in [0.15, 0.2) is 35.2 Å². The van der Waals surface area contributed by atoms with Gasteiger partial charge in [0.1, 0.15) is 23.9 Å². The first-order valence-corrected chi connectivity index (χ1v) is 14.9. The van der Waals surface area contributed by atoms with Crippen LogP contribution in [0.4, 0.5) is 0 Å². The lowest BCUT2D eigenvalue weighted by atomic mass is 9.39. The number of esters is 4. The molecule has 1 aromatic heterocycles. The van der Waals surface area contributed by atoms with E-state index in [1.54, 1.807) is 24.7 Å². The van der Waals surface area contributed by atoms with Crippen LogP contribution in [-0.2, 0) is 47.6 Å². The molecule has 0 radical (unpaired) electrons. The van der Waals surface area contributed by atoms with Crippen molar-refractivity contribution in [1.29, 1.82) is 0 Å². The standard InChI is InChI=1S/C32H38O11/c1-16(33)39-21-22-27(3,4)43-30(12-9-20(35)37-7)15-31(22,30)19-8-11-28(5)23(18-10-13-38-14-18)41-26(36)25-32(28,42-25)29(19,6)24(21)40-17(2)34/h9-10,12-14,19,21-25H,8,11,15H2,1-7H3. The summed E-state index contributed by atoms with van der Waals surface area (Å²) in [6.45, 7) is 10.6. The van der Waals surface area contributed by atoms with Gasteiger partial charge >= 0.3 is 23.9 Å². The van der Waals surface area contributed by atoms with Crippen LogP contribution in [0.5, 0.6) is 0 Å². The zero-order chi connectivity index (χ0) is 31.0. The first-order valence-electron chi connectivity index (χ1n) is 14.9. The molecular formula is C32H38O11. The Balaban J connectivity index is 1.46. The average Bonchev–Trinajstić information content (AvgIpc) is 3.71. The average molecular weight is 599 g/mol. The SMILES string of the molecule is COC(=O)C=CC12CC13C(C(OC(C)=O)C(OC(C)=O)C1(C)C3CCC3(C)C(c4ccoc4)OC(=O)C4OC431)C(C)(C)O2. The maximum absolute atomic E-state index is 13.6. The zero-order valence-electron chi connectivity index (χ0n) is 25.5. The smallest absolute Gasteiger partial charge is 0.339 e. The van der Waals surface area contributed by atoms with Crippen LogP contribution in [0.2, 0.25) is 0 Å². The van der Waals surface area contributed by atoms with Crippen molar-refractivity contribution in [2.24, 2.45) is 28.1 Å². The van der Waals surface area contributed by atoms with E-state index in [9.17, 15) is 19.2 Å². The number of methoxy groups -OCH3 is 1. The van der Waals surface area contributed by atoms with Crippen LogP contribution in [0, 0.1) is 28.1 Å². The summed E-state index contributed by atoms with van der Waals surface area (Å²) in [5.41, 5.74) is -4.49. The summed E-state index contributed by atoms with van der Waals surface area (Å²) in [7, 11) is 1.32. The number of carbonyl (C=O) groups is 4. The van der Waals surface area contributed by atoms with E-state index in [4.69, 9.17) is 32.8 Å². The third-order valence-corrected chi connectivity index (χ3v) is 11.9. The number of hydrogen-bond acceptors (Lipinski definition) is 11. The zero-order valence-corrected chi connectivity index (χ0v) is 25.5. The minimum absolute atomic E-state index is 0.209. The van der Waals surface area contributed by atoms with E-state index in [2.05, 4.69) is 6.92 Å². The Morgan fingerprint density at radius 3 is 2.40 bits per heavy atom. The first kappa shape index (κ1) is 28.6. The van der Waals surface area contributed by atoms with Crippen molar-refractivity contribution in [3.05, 3.63) is 36.3 Å². The fraction of sp³-hybridized carbons (Fsp3) is 0.688. The van der Waals surface area contributed by atoms with Crippen molar-refractivity contribution in [2.75, 3.05) is 7.11 Å². The van der Waals surface area contributed by atoms with Gasteiger partial charge in [0, 0.05) is 47.6 Å². The Kier molecular flexibility index (Phi) is 5.65. The molecule has 0 aromatic carbocycles. The van der Waals surface area contributed by atoms with Crippen LogP contribution < -0.4 is 0 Å². The largest absolute Gasteiger partial charge is 0.472 e. The predicted molar refractivity (Wildman–Crippen MR) is 145 cm³/mol. The molecule has 11 nitrogen and oxygen atoms in total. The fourth-order valence-electron chi connectivity index (χ4n) is 10.8. The van der Waals surface area contributed by atoms with Gasteiger partial charge in [-0.1, -0.05) is 13.8 Å². The van der Waals surface area contributed by atoms with Crippen molar-refractivity contribution in [3.8, 4) is 0 Å². The number of ether oxygens (including phenoxy) is 6. The van der Waals surface area contributed by atoms with E-state index in [0.29, 0.717) is 24.8 Å². The third kappa shape index (κ3) is 3.22. The van der Waals surface area contributed by atoms with Crippen LogP contribution in [0.25, 0.3) is 0 Å². The summed E-state index contributed by atoms with van der Waals surface area (Å²) in [6.07, 6.45) is 4.68. The van der Waals surface area contributed by atoms with Crippen molar-refractivity contribution >= 4 is 23.9 Å². The quantitative estimate of drug-likeness (QED) is 0.213. The van der Waals surface area contributed by atoms with E-state index in [1.165, 1.54) is 27.0 Å². The summed E-state index contributed by atoms with van der Waals surface area (Å²) in [5.74, 6) is -2.67. The number of epoxide rings is 1. The Morgan fingerprint density at radius 1 is 1.05 bits per heavy atom. The molecule has 3 aliphatic carbocycles. The normalized spacial score (nSPS) is 48.0. The van der Waals surface area contributed by atoms with E-state index in [0.717, 1.165) is 0 Å². The molecule has 11 atom stereocenters. The highest BCUT2D eigenvalue weighted by Crippen LogP contribution is 2.87. The van der Waals surface area contributed by atoms with E-state index < -0.39 is 87.3 Å². The second-order valence-electron chi connectivity index (χ2n) is 14.1. The van der Waals surface area contributed by atoms with Crippen LogP contribution in [0.3, 0.4) is 0 Å². The lowest BCUT2D eigenvalue weighted by molar-refractivity contribution is -0.273. The second kappa shape index (κ2) is 8.50. The maximum Gasteiger partial charge on any atom is 0.339 e. The topological polar surface area (TPSA) is 140 Å². The van der Waals surface area contributed by atoms with Crippen LogP contribution in [0.1, 0.15) is 72.5 Å². The number of furan rings is 1. The van der Waals surface area contributed by atoms with Crippen molar-refractivity contribution in [3.63, 3.8) is 0 Å². The second-order valence-corrected chi connectivity index (χ2v) is 14.1. The van der Waals surface area contributed by atoms with Gasteiger partial charge in [-0.15, -0.1) is 0 Å². The summed E-state index contributed by atoms with van der Waals surface area (Å²) in [6, 6.07) is 1.78. The van der Waals surface area contributed by atoms with Gasteiger partial charge in [-0.2, -0.15) is 0 Å². The fourth-order valence-corrected chi connectivity index (χ4v) is 10.8. The molecule has 3 saturated carbocycles. The molecule has 6 aliphatic rings. The predicted octanol–water partition coefficient (Wildman–Crippen LogP) is 3.60. The summed E-state index contributed by atoms with van der Waals surface area (Å²) < 4.78 is 42.1. The molecule has 6 fully saturated rings. The number of hydrogen-bond donors (Lipinski definition) is 0. The Bertz CT molecular complexity index is 1450.